The molecular formula is C16H13BrClNO. The first-order valence-electron chi connectivity index (χ1n) is 6.18. The number of nitrogens with zero attached hydrogens (tertiary/aromatic N) is 1. The second-order valence-electron chi connectivity index (χ2n) is 4.69. The summed E-state index contributed by atoms with van der Waals surface area (Å²) in [5.74, 6) is 1.53. The monoisotopic (exact) mass is 349 g/mol. The van der Waals surface area contributed by atoms with Crippen LogP contribution in [0.4, 0.5) is 0 Å². The van der Waals surface area contributed by atoms with Gasteiger partial charge in [-0.15, -0.1) is 0 Å². The molecule has 0 radical (unpaired) electrons. The fourth-order valence-corrected chi connectivity index (χ4v) is 2.40. The lowest BCUT2D eigenvalue weighted by Gasteiger charge is -2.15. The molecule has 20 heavy (non-hydrogen) atoms. The summed E-state index contributed by atoms with van der Waals surface area (Å²) in [5.41, 5.74) is 1.54. The highest BCUT2D eigenvalue weighted by molar-refractivity contribution is 9.10. The zero-order chi connectivity index (χ0) is 14.7. The number of ether oxygens (including phenoxy) is 1. The Morgan fingerprint density at radius 1 is 1.15 bits per heavy atom. The fraction of sp³-hybridized carbons (Fsp3) is 0.188. The molecule has 2 rings (SSSR count). The van der Waals surface area contributed by atoms with Crippen molar-refractivity contribution in [1.82, 2.24) is 0 Å². The van der Waals surface area contributed by atoms with E-state index in [1.54, 1.807) is 18.2 Å². The Bertz CT molecular complexity index is 677. The van der Waals surface area contributed by atoms with Crippen LogP contribution in [0.1, 0.15) is 30.9 Å². The van der Waals surface area contributed by atoms with Gasteiger partial charge >= 0.3 is 0 Å². The van der Waals surface area contributed by atoms with Crippen molar-refractivity contribution >= 4 is 27.5 Å². The van der Waals surface area contributed by atoms with Crippen LogP contribution in [-0.2, 0) is 0 Å². The second-order valence-corrected chi connectivity index (χ2v) is 6.04. The van der Waals surface area contributed by atoms with Crippen molar-refractivity contribution < 1.29 is 4.74 Å². The molecule has 0 aliphatic heterocycles. The van der Waals surface area contributed by atoms with Crippen molar-refractivity contribution in [3.63, 3.8) is 0 Å². The third kappa shape index (κ3) is 3.33. The van der Waals surface area contributed by atoms with Gasteiger partial charge in [0.2, 0.25) is 0 Å². The Hall–Kier alpha value is -1.50. The minimum absolute atomic E-state index is 0.312. The van der Waals surface area contributed by atoms with E-state index < -0.39 is 0 Å². The van der Waals surface area contributed by atoms with Gasteiger partial charge in [-0.2, -0.15) is 5.26 Å². The van der Waals surface area contributed by atoms with E-state index in [4.69, 9.17) is 21.6 Å². The maximum Gasteiger partial charge on any atom is 0.146 e. The van der Waals surface area contributed by atoms with Crippen molar-refractivity contribution in [2.75, 3.05) is 0 Å². The number of hydrogen-bond donors (Lipinski definition) is 0. The van der Waals surface area contributed by atoms with Crippen LogP contribution in [0.2, 0.25) is 5.02 Å². The van der Waals surface area contributed by atoms with Crippen LogP contribution in [0.25, 0.3) is 0 Å². The van der Waals surface area contributed by atoms with Crippen molar-refractivity contribution in [3.05, 3.63) is 57.0 Å². The molecule has 0 aliphatic rings. The third-order valence-corrected chi connectivity index (χ3v) is 3.61. The molecule has 2 aromatic carbocycles. The van der Waals surface area contributed by atoms with E-state index in [1.165, 1.54) is 0 Å². The molecule has 0 atom stereocenters. The van der Waals surface area contributed by atoms with E-state index in [-0.39, 0.29) is 0 Å². The lowest BCUT2D eigenvalue weighted by Crippen LogP contribution is -1.95. The van der Waals surface area contributed by atoms with Gasteiger partial charge in [-0.05, 0) is 41.8 Å². The Labute approximate surface area is 132 Å². The minimum Gasteiger partial charge on any atom is -0.456 e. The third-order valence-electron chi connectivity index (χ3n) is 2.88. The van der Waals surface area contributed by atoms with Gasteiger partial charge in [-0.25, -0.2) is 0 Å². The first kappa shape index (κ1) is 14.9. The van der Waals surface area contributed by atoms with Gasteiger partial charge in [-0.1, -0.05) is 41.4 Å². The van der Waals surface area contributed by atoms with Gasteiger partial charge in [0.15, 0.2) is 0 Å². The first-order chi connectivity index (χ1) is 9.51. The van der Waals surface area contributed by atoms with E-state index in [0.29, 0.717) is 22.3 Å². The summed E-state index contributed by atoms with van der Waals surface area (Å²) in [6.07, 6.45) is 0. The molecule has 0 fully saturated rings. The van der Waals surface area contributed by atoms with Gasteiger partial charge in [-0.3, -0.25) is 0 Å². The van der Waals surface area contributed by atoms with Crippen LogP contribution in [0.15, 0.2) is 40.9 Å². The fourth-order valence-electron chi connectivity index (χ4n) is 1.85. The van der Waals surface area contributed by atoms with E-state index >= 15 is 0 Å². The number of benzene rings is 2. The van der Waals surface area contributed by atoms with Gasteiger partial charge in [0.1, 0.15) is 17.6 Å². The minimum atomic E-state index is 0.312. The number of hydrogen-bond acceptors (Lipinski definition) is 2. The molecule has 0 N–H and O–H groups in total. The molecule has 0 aromatic heterocycles. The van der Waals surface area contributed by atoms with Crippen LogP contribution in [0, 0.1) is 11.3 Å². The first-order valence-corrected chi connectivity index (χ1v) is 7.35. The molecule has 0 amide bonds. The number of rotatable bonds is 3. The average Bonchev–Trinajstić information content (AvgIpc) is 2.41. The Morgan fingerprint density at radius 2 is 1.90 bits per heavy atom. The van der Waals surface area contributed by atoms with E-state index in [0.717, 1.165) is 15.8 Å². The van der Waals surface area contributed by atoms with Crippen molar-refractivity contribution in [3.8, 4) is 17.6 Å². The van der Waals surface area contributed by atoms with Gasteiger partial charge < -0.3 is 4.74 Å². The highest BCUT2D eigenvalue weighted by Crippen LogP contribution is 2.34. The molecule has 2 aromatic rings. The summed E-state index contributed by atoms with van der Waals surface area (Å²) in [7, 11) is 0. The summed E-state index contributed by atoms with van der Waals surface area (Å²) in [6, 6.07) is 12.9. The summed E-state index contributed by atoms with van der Waals surface area (Å²) in [6.45, 7) is 4.19. The van der Waals surface area contributed by atoms with Gasteiger partial charge in [0.25, 0.3) is 0 Å². The summed E-state index contributed by atoms with van der Waals surface area (Å²) in [4.78, 5) is 0. The topological polar surface area (TPSA) is 33.0 Å². The molecule has 0 unspecified atom stereocenters. The van der Waals surface area contributed by atoms with Gasteiger partial charge in [0, 0.05) is 15.6 Å². The molecule has 0 saturated carbocycles. The molecule has 0 spiro atoms. The second kappa shape index (κ2) is 6.30. The molecule has 102 valence electrons. The van der Waals surface area contributed by atoms with Crippen LogP contribution < -0.4 is 4.74 Å². The smallest absolute Gasteiger partial charge is 0.146 e. The molecule has 0 aliphatic carbocycles. The van der Waals surface area contributed by atoms with E-state index in [9.17, 15) is 0 Å². The lowest BCUT2D eigenvalue weighted by atomic mass is 10.0. The van der Waals surface area contributed by atoms with Crippen molar-refractivity contribution in [1.29, 1.82) is 5.26 Å². The predicted octanol–water partition coefficient (Wildman–Crippen LogP) is 5.89. The SMILES string of the molecule is CC(C)c1cc(Br)ccc1Oc1cc(Cl)ccc1C#N. The molecule has 0 saturated heterocycles. The van der Waals surface area contributed by atoms with E-state index in [2.05, 4.69) is 35.8 Å². The zero-order valence-electron chi connectivity index (χ0n) is 11.2. The number of nitriles is 1. The zero-order valence-corrected chi connectivity index (χ0v) is 13.5. The normalized spacial score (nSPS) is 10.4. The quantitative estimate of drug-likeness (QED) is 0.691. The Morgan fingerprint density at radius 3 is 2.55 bits per heavy atom. The maximum absolute atomic E-state index is 9.13. The summed E-state index contributed by atoms with van der Waals surface area (Å²) < 4.78 is 6.90. The van der Waals surface area contributed by atoms with Crippen LogP contribution in [0.3, 0.4) is 0 Å². The Kier molecular flexibility index (Phi) is 4.69. The van der Waals surface area contributed by atoms with E-state index in [1.807, 2.05) is 18.2 Å². The molecule has 0 bridgehead atoms. The standard InChI is InChI=1S/C16H13BrClNO/c1-10(2)14-7-12(17)4-6-15(14)20-16-8-13(18)5-3-11(16)9-19/h3-8,10H,1-2H3. The molecular weight excluding hydrogens is 338 g/mol. The predicted molar refractivity (Wildman–Crippen MR) is 84.5 cm³/mol. The largest absolute Gasteiger partial charge is 0.456 e. The van der Waals surface area contributed by atoms with Gasteiger partial charge in [0.05, 0.1) is 5.56 Å². The number of halogens is 2. The highest BCUT2D eigenvalue weighted by Gasteiger charge is 2.12. The average molecular weight is 351 g/mol. The van der Waals surface area contributed by atoms with Crippen molar-refractivity contribution in [2.45, 2.75) is 19.8 Å². The highest BCUT2D eigenvalue weighted by atomic mass is 79.9. The van der Waals surface area contributed by atoms with Crippen LogP contribution in [-0.4, -0.2) is 0 Å². The van der Waals surface area contributed by atoms with Crippen molar-refractivity contribution in [2.24, 2.45) is 0 Å². The maximum atomic E-state index is 9.13. The molecule has 2 nitrogen and oxygen atoms in total. The lowest BCUT2D eigenvalue weighted by molar-refractivity contribution is 0.471. The molecule has 0 heterocycles. The van der Waals surface area contributed by atoms with Crippen LogP contribution in [0.5, 0.6) is 11.5 Å². The summed E-state index contributed by atoms with van der Waals surface area (Å²) >= 11 is 9.43. The molecule has 4 heteroatoms. The Balaban J connectivity index is 2.45. The summed E-state index contributed by atoms with van der Waals surface area (Å²) in [5, 5.41) is 9.67. The van der Waals surface area contributed by atoms with Crippen LogP contribution >= 0.6 is 27.5 Å².